The number of hydrogen-bond acceptors (Lipinski definition) is 3. The van der Waals surface area contributed by atoms with E-state index < -0.39 is 5.97 Å². The molecule has 110 valence electrons. The predicted molar refractivity (Wildman–Crippen MR) is 83.3 cm³/mol. The first kappa shape index (κ1) is 14.2. The number of rotatable bonds is 3. The highest BCUT2D eigenvalue weighted by Gasteiger charge is 2.15. The van der Waals surface area contributed by atoms with Crippen molar-refractivity contribution >= 4 is 29.1 Å². The van der Waals surface area contributed by atoms with E-state index in [4.69, 9.17) is 22.1 Å². The van der Waals surface area contributed by atoms with Crippen LogP contribution in [0.2, 0.25) is 0 Å². The Morgan fingerprint density at radius 1 is 1.38 bits per heavy atom. The number of hydrogen-bond donors (Lipinski definition) is 2. The van der Waals surface area contributed by atoms with Gasteiger partial charge in [0.15, 0.2) is 0 Å². The summed E-state index contributed by atoms with van der Waals surface area (Å²) < 4.78 is 5.79. The van der Waals surface area contributed by atoms with Crippen LogP contribution in [-0.2, 0) is 11.2 Å². The number of carbonyl (C=O) groups is 1. The van der Waals surface area contributed by atoms with Gasteiger partial charge in [0.1, 0.15) is 0 Å². The van der Waals surface area contributed by atoms with Crippen LogP contribution < -0.4 is 0 Å². The Hall–Kier alpha value is -1.72. The first-order chi connectivity index (χ1) is 10.1. The highest BCUT2D eigenvalue weighted by Crippen LogP contribution is 2.23. The Morgan fingerprint density at radius 2 is 2.14 bits per heavy atom. The molecule has 1 aliphatic heterocycles. The molecule has 1 aromatic heterocycles. The third kappa shape index (κ3) is 2.99. The van der Waals surface area contributed by atoms with Crippen LogP contribution in [0.1, 0.15) is 28.8 Å². The van der Waals surface area contributed by atoms with Crippen LogP contribution in [0.25, 0.3) is 10.9 Å². The minimum absolute atomic E-state index is 0.153. The number of carboxylic acid groups (broad SMARTS) is 1. The fourth-order valence-electron chi connectivity index (χ4n) is 2.84. The van der Waals surface area contributed by atoms with Crippen molar-refractivity contribution in [3.05, 3.63) is 40.0 Å². The lowest BCUT2D eigenvalue weighted by atomic mass is 9.92. The fraction of sp³-hybridized carbons (Fsp3) is 0.375. The van der Waals surface area contributed by atoms with Gasteiger partial charge in [-0.15, -0.1) is 0 Å². The van der Waals surface area contributed by atoms with E-state index in [1.807, 2.05) is 12.1 Å². The zero-order valence-electron chi connectivity index (χ0n) is 11.6. The van der Waals surface area contributed by atoms with Crippen molar-refractivity contribution in [3.63, 3.8) is 0 Å². The molecule has 0 unspecified atom stereocenters. The summed E-state index contributed by atoms with van der Waals surface area (Å²) in [6, 6.07) is 6.09. The van der Waals surface area contributed by atoms with Crippen molar-refractivity contribution in [2.24, 2.45) is 5.92 Å². The Morgan fingerprint density at radius 3 is 2.86 bits per heavy atom. The van der Waals surface area contributed by atoms with E-state index in [2.05, 4.69) is 11.1 Å². The molecule has 2 N–H and O–H groups in total. The van der Waals surface area contributed by atoms with Gasteiger partial charge in [0.05, 0.1) is 10.1 Å². The Kier molecular flexibility index (Phi) is 4.03. The second kappa shape index (κ2) is 5.95. The van der Waals surface area contributed by atoms with Gasteiger partial charge in [0.25, 0.3) is 0 Å². The molecule has 3 rings (SSSR count). The van der Waals surface area contributed by atoms with Gasteiger partial charge in [-0.05, 0) is 42.9 Å². The molecule has 5 heteroatoms. The summed E-state index contributed by atoms with van der Waals surface area (Å²) in [7, 11) is 0. The number of aromatic amines is 1. The molecule has 1 aromatic carbocycles. The summed E-state index contributed by atoms with van der Waals surface area (Å²) >= 11 is 5.31. The van der Waals surface area contributed by atoms with Crippen molar-refractivity contribution < 1.29 is 14.6 Å². The highest BCUT2D eigenvalue weighted by molar-refractivity contribution is 7.71. The average molecular weight is 303 g/mol. The first-order valence-corrected chi connectivity index (χ1v) is 7.51. The summed E-state index contributed by atoms with van der Waals surface area (Å²) in [4.78, 5) is 14.2. The lowest BCUT2D eigenvalue weighted by molar-refractivity contribution is 0.0665. The smallest absolute Gasteiger partial charge is 0.338 e. The van der Waals surface area contributed by atoms with Crippen LogP contribution in [0.4, 0.5) is 0 Å². The van der Waals surface area contributed by atoms with E-state index >= 15 is 0 Å². The van der Waals surface area contributed by atoms with Crippen molar-refractivity contribution in [2.45, 2.75) is 19.3 Å². The third-order valence-corrected chi connectivity index (χ3v) is 4.48. The van der Waals surface area contributed by atoms with Gasteiger partial charge < -0.3 is 14.8 Å². The van der Waals surface area contributed by atoms with Gasteiger partial charge in [-0.3, -0.25) is 0 Å². The zero-order chi connectivity index (χ0) is 14.8. The van der Waals surface area contributed by atoms with E-state index in [0.717, 1.165) is 43.4 Å². The topological polar surface area (TPSA) is 62.3 Å². The molecular weight excluding hydrogens is 286 g/mol. The molecule has 4 nitrogen and oxygen atoms in total. The number of benzene rings is 1. The van der Waals surface area contributed by atoms with Crippen LogP contribution in [0.15, 0.2) is 24.4 Å². The summed E-state index contributed by atoms with van der Waals surface area (Å²) in [5.41, 5.74) is 2.23. The molecule has 0 bridgehead atoms. The number of pyridine rings is 1. The standard InChI is InChI=1S/C16H17NO3S/c18-16(19)13-9-17-14-2-1-11(8-12(14)15(13)21)7-10-3-5-20-6-4-10/h1-2,8-10H,3-7H2,(H,17,21)(H,18,19). The van der Waals surface area contributed by atoms with E-state index in [1.54, 1.807) is 0 Å². The highest BCUT2D eigenvalue weighted by atomic mass is 32.1. The predicted octanol–water partition coefficient (Wildman–Crippen LogP) is 3.56. The van der Waals surface area contributed by atoms with Gasteiger partial charge in [-0.1, -0.05) is 18.3 Å². The number of H-pyrrole nitrogens is 1. The zero-order valence-corrected chi connectivity index (χ0v) is 12.4. The van der Waals surface area contributed by atoms with Gasteiger partial charge in [-0.25, -0.2) is 4.79 Å². The second-order valence-corrected chi connectivity index (χ2v) is 5.88. The molecule has 1 saturated heterocycles. The molecule has 21 heavy (non-hydrogen) atoms. The molecule has 0 radical (unpaired) electrons. The maximum Gasteiger partial charge on any atom is 0.338 e. The third-order valence-electron chi connectivity index (χ3n) is 4.04. The minimum Gasteiger partial charge on any atom is -0.478 e. The molecule has 2 heterocycles. The number of ether oxygens (including phenoxy) is 1. The van der Waals surface area contributed by atoms with Gasteiger partial charge in [0, 0.05) is 30.3 Å². The van der Waals surface area contributed by atoms with Crippen LogP contribution >= 0.6 is 12.2 Å². The van der Waals surface area contributed by atoms with Crippen molar-refractivity contribution in [3.8, 4) is 0 Å². The number of carboxylic acids is 1. The SMILES string of the molecule is O=C(O)c1c[nH]c2ccc(CC3CCOCC3)cc2c1=S. The van der Waals surface area contributed by atoms with E-state index in [-0.39, 0.29) is 5.56 Å². The molecule has 1 aliphatic rings. The quantitative estimate of drug-likeness (QED) is 0.851. The Labute approximate surface area is 127 Å². The van der Waals surface area contributed by atoms with Crippen molar-refractivity contribution in [1.29, 1.82) is 0 Å². The van der Waals surface area contributed by atoms with Gasteiger partial charge in [-0.2, -0.15) is 0 Å². The van der Waals surface area contributed by atoms with Crippen LogP contribution in [-0.4, -0.2) is 29.3 Å². The van der Waals surface area contributed by atoms with E-state index in [1.165, 1.54) is 11.8 Å². The van der Waals surface area contributed by atoms with E-state index in [0.29, 0.717) is 10.4 Å². The monoisotopic (exact) mass is 303 g/mol. The van der Waals surface area contributed by atoms with E-state index in [9.17, 15) is 4.79 Å². The summed E-state index contributed by atoms with van der Waals surface area (Å²) in [5, 5.41) is 9.97. The van der Waals surface area contributed by atoms with Gasteiger partial charge in [0.2, 0.25) is 0 Å². The molecule has 0 amide bonds. The molecule has 0 saturated carbocycles. The van der Waals surface area contributed by atoms with Crippen LogP contribution in [0, 0.1) is 10.4 Å². The van der Waals surface area contributed by atoms with Crippen LogP contribution in [0.5, 0.6) is 0 Å². The van der Waals surface area contributed by atoms with Crippen molar-refractivity contribution in [1.82, 2.24) is 4.98 Å². The van der Waals surface area contributed by atoms with Crippen molar-refractivity contribution in [2.75, 3.05) is 13.2 Å². The maximum atomic E-state index is 11.2. The molecule has 0 spiro atoms. The Balaban J connectivity index is 1.96. The molecule has 2 aromatic rings. The number of nitrogens with one attached hydrogen (secondary N) is 1. The second-order valence-electron chi connectivity index (χ2n) is 5.48. The summed E-state index contributed by atoms with van der Waals surface area (Å²) in [5.74, 6) is -0.357. The lowest BCUT2D eigenvalue weighted by Gasteiger charge is -2.22. The fourth-order valence-corrected chi connectivity index (χ4v) is 3.15. The number of fused-ring (bicyclic) bond motifs is 1. The summed E-state index contributed by atoms with van der Waals surface area (Å²) in [6.07, 6.45) is 4.62. The lowest BCUT2D eigenvalue weighted by Crippen LogP contribution is -2.17. The largest absolute Gasteiger partial charge is 0.478 e. The molecule has 0 atom stereocenters. The number of aromatic carboxylic acids is 1. The first-order valence-electron chi connectivity index (χ1n) is 7.10. The Bertz CT molecular complexity index is 732. The number of aromatic nitrogens is 1. The molecular formula is C16H17NO3S. The minimum atomic E-state index is -0.993. The maximum absolute atomic E-state index is 11.2. The normalized spacial score (nSPS) is 16.2. The van der Waals surface area contributed by atoms with Crippen LogP contribution in [0.3, 0.4) is 0 Å². The summed E-state index contributed by atoms with van der Waals surface area (Å²) in [6.45, 7) is 1.67. The average Bonchev–Trinajstić information content (AvgIpc) is 2.49. The van der Waals surface area contributed by atoms with Gasteiger partial charge >= 0.3 is 5.97 Å². The molecule has 1 fully saturated rings. The molecule has 0 aliphatic carbocycles.